The van der Waals surface area contributed by atoms with Crippen molar-refractivity contribution in [2.75, 3.05) is 0 Å². The monoisotopic (exact) mass is 161 g/mol. The van der Waals surface area contributed by atoms with Crippen LogP contribution in [-0.2, 0) is 0 Å². The largest absolute Gasteiger partial charge is 0.304 e. The van der Waals surface area contributed by atoms with E-state index in [-0.39, 0.29) is 5.56 Å². The fraction of sp³-hybridized carbons (Fsp3) is 0.125. The number of aromatic nitrogens is 3. The van der Waals surface area contributed by atoms with E-state index >= 15 is 0 Å². The zero-order valence-corrected chi connectivity index (χ0v) is 6.53. The number of aromatic amines is 1. The summed E-state index contributed by atoms with van der Waals surface area (Å²) in [4.78, 5) is 21.4. The van der Waals surface area contributed by atoms with Crippen molar-refractivity contribution in [1.29, 1.82) is 0 Å². The van der Waals surface area contributed by atoms with Crippen LogP contribution in [0.4, 0.5) is 0 Å². The standard InChI is InChI=1S/C8H7N3O/c1-5-2-3-9-8-7(5)10-4-6(12)11-8/h2-4H,1H3,(H,9,11,12). The van der Waals surface area contributed by atoms with Crippen LogP contribution in [0.2, 0.25) is 0 Å². The summed E-state index contributed by atoms with van der Waals surface area (Å²) in [6.45, 7) is 1.93. The van der Waals surface area contributed by atoms with Crippen molar-refractivity contribution in [1.82, 2.24) is 15.0 Å². The molecule has 0 aromatic carbocycles. The Kier molecular flexibility index (Phi) is 1.40. The number of nitrogens with one attached hydrogen (secondary N) is 1. The molecule has 0 bridgehead atoms. The molecule has 4 heteroatoms. The summed E-state index contributed by atoms with van der Waals surface area (Å²) in [5, 5.41) is 0. The summed E-state index contributed by atoms with van der Waals surface area (Å²) in [5.74, 6) is 0. The average molecular weight is 161 g/mol. The molecule has 0 radical (unpaired) electrons. The summed E-state index contributed by atoms with van der Waals surface area (Å²) in [7, 11) is 0. The molecule has 0 amide bonds. The van der Waals surface area contributed by atoms with Crippen molar-refractivity contribution < 1.29 is 0 Å². The van der Waals surface area contributed by atoms with Gasteiger partial charge in [0.2, 0.25) is 0 Å². The first kappa shape index (κ1) is 6.97. The molecule has 0 aliphatic rings. The molecule has 0 aliphatic carbocycles. The molecule has 0 saturated carbocycles. The molecule has 60 valence electrons. The third-order valence-electron chi connectivity index (χ3n) is 1.68. The molecule has 0 saturated heterocycles. The molecule has 4 nitrogen and oxygen atoms in total. The smallest absolute Gasteiger partial charge is 0.268 e. The minimum atomic E-state index is -0.222. The highest BCUT2D eigenvalue weighted by molar-refractivity contribution is 5.72. The van der Waals surface area contributed by atoms with Gasteiger partial charge >= 0.3 is 0 Å². The lowest BCUT2D eigenvalue weighted by Gasteiger charge is -1.96. The Morgan fingerprint density at radius 2 is 2.25 bits per heavy atom. The molecule has 2 heterocycles. The van der Waals surface area contributed by atoms with Crippen molar-refractivity contribution in [3.05, 3.63) is 34.4 Å². The Labute approximate surface area is 68.3 Å². The number of H-pyrrole nitrogens is 1. The van der Waals surface area contributed by atoms with Crippen LogP contribution in [-0.4, -0.2) is 15.0 Å². The quantitative estimate of drug-likeness (QED) is 0.616. The molecule has 0 aliphatic heterocycles. The maximum atomic E-state index is 10.8. The highest BCUT2D eigenvalue weighted by atomic mass is 16.1. The Hall–Kier alpha value is -1.71. The van der Waals surface area contributed by atoms with Gasteiger partial charge in [0.1, 0.15) is 5.52 Å². The summed E-state index contributed by atoms with van der Waals surface area (Å²) >= 11 is 0. The fourth-order valence-corrected chi connectivity index (χ4v) is 1.08. The zero-order chi connectivity index (χ0) is 8.55. The van der Waals surface area contributed by atoms with Crippen molar-refractivity contribution in [3.63, 3.8) is 0 Å². The van der Waals surface area contributed by atoms with Gasteiger partial charge < -0.3 is 4.98 Å². The van der Waals surface area contributed by atoms with Crippen LogP contribution < -0.4 is 5.56 Å². The van der Waals surface area contributed by atoms with Crippen LogP contribution in [0.3, 0.4) is 0 Å². The van der Waals surface area contributed by atoms with Gasteiger partial charge in [-0.25, -0.2) is 9.97 Å². The van der Waals surface area contributed by atoms with E-state index in [0.29, 0.717) is 5.65 Å². The van der Waals surface area contributed by atoms with E-state index in [1.54, 1.807) is 6.20 Å². The molecule has 0 unspecified atom stereocenters. The Balaban J connectivity index is 2.96. The molecule has 1 N–H and O–H groups in total. The van der Waals surface area contributed by atoms with E-state index in [9.17, 15) is 4.79 Å². The zero-order valence-electron chi connectivity index (χ0n) is 6.53. The lowest BCUT2D eigenvalue weighted by Crippen LogP contribution is -2.06. The van der Waals surface area contributed by atoms with Gasteiger partial charge in [0, 0.05) is 6.20 Å². The number of pyridine rings is 1. The second-order valence-electron chi connectivity index (χ2n) is 2.57. The fourth-order valence-electron chi connectivity index (χ4n) is 1.08. The molecule has 2 aromatic heterocycles. The highest BCUT2D eigenvalue weighted by Crippen LogP contribution is 2.07. The molecule has 12 heavy (non-hydrogen) atoms. The summed E-state index contributed by atoms with van der Waals surface area (Å²) < 4.78 is 0. The minimum Gasteiger partial charge on any atom is -0.304 e. The maximum Gasteiger partial charge on any atom is 0.268 e. The van der Waals surface area contributed by atoms with Gasteiger partial charge in [0.25, 0.3) is 5.56 Å². The van der Waals surface area contributed by atoms with Crippen molar-refractivity contribution in [3.8, 4) is 0 Å². The number of hydrogen-bond donors (Lipinski definition) is 1. The third-order valence-corrected chi connectivity index (χ3v) is 1.68. The number of nitrogens with zero attached hydrogens (tertiary/aromatic N) is 2. The van der Waals surface area contributed by atoms with E-state index in [1.165, 1.54) is 6.20 Å². The van der Waals surface area contributed by atoms with Crippen molar-refractivity contribution in [2.24, 2.45) is 0 Å². The molecular formula is C8H7N3O. The lowest BCUT2D eigenvalue weighted by molar-refractivity contribution is 1.16. The first-order valence-electron chi connectivity index (χ1n) is 3.58. The van der Waals surface area contributed by atoms with Gasteiger partial charge in [-0.15, -0.1) is 0 Å². The number of rotatable bonds is 0. The van der Waals surface area contributed by atoms with Gasteiger partial charge in [-0.05, 0) is 18.6 Å². The van der Waals surface area contributed by atoms with Crippen molar-refractivity contribution in [2.45, 2.75) is 6.92 Å². The van der Waals surface area contributed by atoms with Crippen LogP contribution in [0.5, 0.6) is 0 Å². The number of fused-ring (bicyclic) bond motifs is 1. The van der Waals surface area contributed by atoms with E-state index in [2.05, 4.69) is 15.0 Å². The maximum absolute atomic E-state index is 10.8. The van der Waals surface area contributed by atoms with E-state index in [0.717, 1.165) is 11.1 Å². The van der Waals surface area contributed by atoms with E-state index < -0.39 is 0 Å². The summed E-state index contributed by atoms with van der Waals surface area (Å²) in [5.41, 5.74) is 2.08. The van der Waals surface area contributed by atoms with Gasteiger partial charge in [-0.1, -0.05) is 0 Å². The van der Waals surface area contributed by atoms with E-state index in [4.69, 9.17) is 0 Å². The summed E-state index contributed by atoms with van der Waals surface area (Å²) in [6.07, 6.45) is 2.91. The molecule has 2 aromatic rings. The topological polar surface area (TPSA) is 58.6 Å². The van der Waals surface area contributed by atoms with Crippen molar-refractivity contribution >= 4 is 11.2 Å². The molecule has 0 spiro atoms. The van der Waals surface area contributed by atoms with Crippen LogP contribution in [0.15, 0.2) is 23.3 Å². The normalized spacial score (nSPS) is 10.4. The number of hydrogen-bond acceptors (Lipinski definition) is 3. The second kappa shape index (κ2) is 2.41. The average Bonchev–Trinajstić information content (AvgIpc) is 2.04. The second-order valence-corrected chi connectivity index (χ2v) is 2.57. The molecule has 2 rings (SSSR count). The highest BCUT2D eigenvalue weighted by Gasteiger charge is 1.98. The van der Waals surface area contributed by atoms with Crippen LogP contribution in [0, 0.1) is 6.92 Å². The Morgan fingerprint density at radius 3 is 3.08 bits per heavy atom. The number of aryl methyl sites for hydroxylation is 1. The van der Waals surface area contributed by atoms with Crippen LogP contribution >= 0.6 is 0 Å². The summed E-state index contributed by atoms with van der Waals surface area (Å²) in [6, 6.07) is 1.85. The molecular weight excluding hydrogens is 154 g/mol. The predicted molar refractivity (Wildman–Crippen MR) is 44.9 cm³/mol. The Bertz CT molecular complexity index is 475. The third kappa shape index (κ3) is 0.972. The van der Waals surface area contributed by atoms with Gasteiger partial charge in [0.15, 0.2) is 5.65 Å². The van der Waals surface area contributed by atoms with E-state index in [1.807, 2.05) is 13.0 Å². The SMILES string of the molecule is Cc1ccnc2[nH]c(=O)cnc12. The molecule has 0 fully saturated rings. The van der Waals surface area contributed by atoms with Crippen LogP contribution in [0.1, 0.15) is 5.56 Å². The minimum absolute atomic E-state index is 0.222. The van der Waals surface area contributed by atoms with Gasteiger partial charge in [-0.3, -0.25) is 4.79 Å². The van der Waals surface area contributed by atoms with Gasteiger partial charge in [0.05, 0.1) is 6.20 Å². The predicted octanol–water partition coefficient (Wildman–Crippen LogP) is 0.627. The first-order valence-corrected chi connectivity index (χ1v) is 3.58. The van der Waals surface area contributed by atoms with Gasteiger partial charge in [-0.2, -0.15) is 0 Å². The first-order chi connectivity index (χ1) is 5.77. The molecule has 0 atom stereocenters. The van der Waals surface area contributed by atoms with Crippen LogP contribution in [0.25, 0.3) is 11.2 Å². The lowest BCUT2D eigenvalue weighted by atomic mass is 10.3. The Morgan fingerprint density at radius 1 is 1.42 bits per heavy atom.